The van der Waals surface area contributed by atoms with E-state index in [2.05, 4.69) is 108 Å². The summed E-state index contributed by atoms with van der Waals surface area (Å²) >= 11 is 0. The van der Waals surface area contributed by atoms with Gasteiger partial charge in [-0.25, -0.2) is 13.4 Å². The highest BCUT2D eigenvalue weighted by molar-refractivity contribution is 7.84. The number of nitrogens with two attached hydrogens (primary N) is 2. The Morgan fingerprint density at radius 2 is 0.753 bits per heavy atom. The molecule has 0 aromatic heterocycles. The molecule has 0 saturated carbocycles. The molecular formula is C68H62N5O7S-. The van der Waals surface area contributed by atoms with Gasteiger partial charge in [-0.3, -0.25) is 9.59 Å². The summed E-state index contributed by atoms with van der Waals surface area (Å²) in [5, 5.41) is 6.96. The number of nitrogens with one attached hydrogen (secondary N) is 2. The molecule has 0 spiro atoms. The number of nitrogen functional groups attached to an aromatic ring is 2. The highest BCUT2D eigenvalue weighted by Crippen LogP contribution is 2.50. The van der Waals surface area contributed by atoms with Crippen LogP contribution in [0.5, 0.6) is 23.0 Å². The fraction of sp³-hybridized carbons (Fsp3) is 0.0735. The molecular weight excluding hydrogens is 1030 g/mol. The lowest BCUT2D eigenvalue weighted by Gasteiger charge is -2.25. The Hall–Kier alpha value is -10.1. The Balaban J connectivity index is 0.000000208. The van der Waals surface area contributed by atoms with Gasteiger partial charge in [0.2, 0.25) is 0 Å². The monoisotopic (exact) mass is 1090 g/mol. The van der Waals surface area contributed by atoms with Crippen molar-refractivity contribution in [3.05, 3.63) is 288 Å². The van der Waals surface area contributed by atoms with Crippen molar-refractivity contribution in [2.24, 2.45) is 4.99 Å². The second-order valence-electron chi connectivity index (χ2n) is 17.5. The summed E-state index contributed by atoms with van der Waals surface area (Å²) in [5.74, 6) is 0.346. The summed E-state index contributed by atoms with van der Waals surface area (Å²) in [6.45, 7) is 8.00. The second kappa shape index (κ2) is 28.5. The van der Waals surface area contributed by atoms with E-state index in [1.807, 2.05) is 107 Å². The Labute approximate surface area is 474 Å². The van der Waals surface area contributed by atoms with Gasteiger partial charge in [-0.05, 0) is 119 Å². The number of para-hydroxylation sites is 5. The number of hydrogen-bond acceptors (Lipinski definition) is 12. The summed E-state index contributed by atoms with van der Waals surface area (Å²) in [4.78, 5) is 31.4. The number of aliphatic imine (C=N–C) groups is 1. The molecule has 0 fully saturated rings. The Kier molecular flexibility index (Phi) is 20.6. The van der Waals surface area contributed by atoms with Gasteiger partial charge in [0, 0.05) is 40.1 Å². The number of carbonyl (C=O) groups is 2. The average molecular weight is 1090 g/mol. The maximum Gasteiger partial charge on any atom is 0.196 e. The zero-order chi connectivity index (χ0) is 57.7. The standard InChI is InChI=1S/C37H29N3.C26H18N2O4.2C2H6.CH4O3S/c1-4-10-31(11-5-1)38-34-22-16-28(17-23-34)37(29-18-24-35(25-19-29)39-32-12-6-2-7-13-32)30-20-26-36(27-21-30)40-33-14-8-3-9-15-33;27-21-19-20(24(30)18-14-8-7-13-17(18)23(19)29)22(28)26(32-16-11-5-2-6-12-16)25(21)31-15-9-3-1-4-10-15;2*1-2;1-5(2,3)4/h1-27,38-39H;1-14H,27-28H2;2*1-2H3;1H3,(H,2,3,4)/p-1. The van der Waals surface area contributed by atoms with Gasteiger partial charge in [0.25, 0.3) is 0 Å². The SMILES string of the molecule is C1=CC(=C(c2ccc(Nc3ccccc3)cc2)c2ccc(Nc3ccccc3)cc2)C=CC1=Nc1ccccc1.CC.CC.CS(=O)(=O)[O-].Nc1c(Oc2ccccc2)c(Oc2ccccc2)c(N)c2c1C(=O)c1ccccc1C2=O. The number of anilines is 6. The Morgan fingerprint density at radius 1 is 0.444 bits per heavy atom. The van der Waals surface area contributed by atoms with Crippen molar-refractivity contribution in [1.82, 2.24) is 0 Å². The minimum absolute atomic E-state index is 0.00293. The molecule has 11 rings (SSSR count). The summed E-state index contributed by atoms with van der Waals surface area (Å²) < 4.78 is 39.3. The van der Waals surface area contributed by atoms with Gasteiger partial charge in [-0.15, -0.1) is 0 Å². The van der Waals surface area contributed by atoms with Crippen LogP contribution in [-0.4, -0.2) is 36.5 Å². The molecule has 12 nitrogen and oxygen atoms in total. The van der Waals surface area contributed by atoms with Crippen molar-refractivity contribution in [2.75, 3.05) is 28.4 Å². The molecule has 0 saturated heterocycles. The maximum absolute atomic E-state index is 13.3. The summed E-state index contributed by atoms with van der Waals surface area (Å²) in [6, 6.07) is 72.2. The minimum Gasteiger partial charge on any atom is -0.748 e. The molecule has 0 radical (unpaired) electrons. The first-order chi connectivity index (χ1) is 39.4. The van der Waals surface area contributed by atoms with Crippen molar-refractivity contribution >= 4 is 72.8 Å². The third kappa shape index (κ3) is 15.8. The fourth-order valence-electron chi connectivity index (χ4n) is 8.45. The van der Waals surface area contributed by atoms with E-state index in [1.54, 1.807) is 72.8 Å². The fourth-order valence-corrected chi connectivity index (χ4v) is 8.45. The van der Waals surface area contributed by atoms with Crippen LogP contribution < -0.4 is 31.6 Å². The number of ketones is 2. The molecule has 408 valence electrons. The Bertz CT molecular complexity index is 3580. The largest absolute Gasteiger partial charge is 0.748 e. The summed E-state index contributed by atoms with van der Waals surface area (Å²) in [6.07, 6.45) is 9.08. The third-order valence-electron chi connectivity index (χ3n) is 11.9. The molecule has 9 aromatic carbocycles. The molecule has 2 aliphatic carbocycles. The molecule has 0 aliphatic heterocycles. The van der Waals surface area contributed by atoms with E-state index in [1.165, 1.54) is 5.57 Å². The molecule has 0 atom stereocenters. The van der Waals surface area contributed by atoms with Gasteiger partial charge < -0.3 is 36.1 Å². The van der Waals surface area contributed by atoms with Crippen LogP contribution in [0.1, 0.15) is 70.7 Å². The number of fused-ring (bicyclic) bond motifs is 2. The molecule has 6 N–H and O–H groups in total. The lowest BCUT2D eigenvalue weighted by molar-refractivity contribution is 0.0980. The topological polar surface area (TPSA) is 198 Å². The smallest absolute Gasteiger partial charge is 0.196 e. The number of ether oxygens (including phenoxy) is 2. The highest BCUT2D eigenvalue weighted by atomic mass is 32.2. The van der Waals surface area contributed by atoms with Crippen molar-refractivity contribution in [3.8, 4) is 23.0 Å². The van der Waals surface area contributed by atoms with E-state index in [4.69, 9.17) is 38.9 Å². The van der Waals surface area contributed by atoms with Crippen molar-refractivity contribution in [2.45, 2.75) is 27.7 Å². The zero-order valence-electron chi connectivity index (χ0n) is 45.5. The average Bonchev–Trinajstić information content (AvgIpc) is 3.53. The lowest BCUT2D eigenvalue weighted by atomic mass is 9.82. The van der Waals surface area contributed by atoms with E-state index in [9.17, 15) is 9.59 Å². The van der Waals surface area contributed by atoms with E-state index >= 15 is 0 Å². The minimum atomic E-state index is -3.92. The first-order valence-electron chi connectivity index (χ1n) is 26.3. The molecule has 81 heavy (non-hydrogen) atoms. The van der Waals surface area contributed by atoms with Gasteiger partial charge in [-0.1, -0.05) is 179 Å². The Morgan fingerprint density at radius 3 is 1.11 bits per heavy atom. The van der Waals surface area contributed by atoms with Gasteiger partial charge in [0.05, 0.1) is 44.0 Å². The highest BCUT2D eigenvalue weighted by Gasteiger charge is 2.37. The molecule has 2 aliphatic rings. The predicted octanol–water partition coefficient (Wildman–Crippen LogP) is 16.3. The molecule has 0 amide bonds. The molecule has 0 heterocycles. The van der Waals surface area contributed by atoms with E-state index < -0.39 is 10.1 Å². The maximum atomic E-state index is 13.3. The van der Waals surface area contributed by atoms with E-state index in [-0.39, 0.29) is 56.7 Å². The van der Waals surface area contributed by atoms with Gasteiger partial charge in [-0.2, -0.15) is 0 Å². The van der Waals surface area contributed by atoms with Crippen LogP contribution in [0.4, 0.5) is 39.8 Å². The normalized spacial score (nSPS) is 11.7. The number of nitrogens with zero attached hydrogens (tertiary/aromatic N) is 1. The number of allylic oxidation sites excluding steroid dienone is 5. The van der Waals surface area contributed by atoms with Gasteiger partial charge >= 0.3 is 0 Å². The zero-order valence-corrected chi connectivity index (χ0v) is 46.4. The molecule has 13 heteroatoms. The van der Waals surface area contributed by atoms with E-state index in [0.717, 1.165) is 50.8 Å². The number of carbonyl (C=O) groups excluding carboxylic acids is 2. The third-order valence-corrected chi connectivity index (χ3v) is 11.9. The lowest BCUT2D eigenvalue weighted by Crippen LogP contribution is -2.24. The predicted molar refractivity (Wildman–Crippen MR) is 330 cm³/mol. The quantitative estimate of drug-likeness (QED) is 0.0710. The van der Waals surface area contributed by atoms with Crippen LogP contribution >= 0.6 is 0 Å². The number of rotatable bonds is 11. The van der Waals surface area contributed by atoms with Crippen LogP contribution in [0.2, 0.25) is 0 Å². The van der Waals surface area contributed by atoms with Gasteiger partial charge in [0.15, 0.2) is 23.1 Å². The van der Waals surface area contributed by atoms with Crippen molar-refractivity contribution in [1.29, 1.82) is 0 Å². The van der Waals surface area contributed by atoms with Crippen LogP contribution in [0.15, 0.2) is 259 Å². The van der Waals surface area contributed by atoms with E-state index in [0.29, 0.717) is 17.8 Å². The van der Waals surface area contributed by atoms with Gasteiger partial charge in [0.1, 0.15) is 11.5 Å². The first kappa shape index (κ1) is 58.6. The number of benzene rings is 9. The molecule has 0 bridgehead atoms. The van der Waals surface area contributed by atoms with Crippen LogP contribution in [-0.2, 0) is 10.1 Å². The first-order valence-corrected chi connectivity index (χ1v) is 28.1. The van der Waals surface area contributed by atoms with Crippen LogP contribution in [0.25, 0.3) is 5.57 Å². The summed E-state index contributed by atoms with van der Waals surface area (Å²) in [7, 11) is -3.92. The van der Waals surface area contributed by atoms with Crippen LogP contribution in [0.3, 0.4) is 0 Å². The van der Waals surface area contributed by atoms with Crippen molar-refractivity contribution in [3.63, 3.8) is 0 Å². The number of hydrogen-bond donors (Lipinski definition) is 4. The molecule has 0 unspecified atom stereocenters. The van der Waals surface area contributed by atoms with Crippen molar-refractivity contribution < 1.29 is 32.0 Å². The van der Waals surface area contributed by atoms with Crippen LogP contribution in [0, 0.1) is 0 Å². The molecule has 9 aromatic rings. The second-order valence-corrected chi connectivity index (χ2v) is 18.9. The summed E-state index contributed by atoms with van der Waals surface area (Å²) in [5.41, 5.74) is 24.2.